The van der Waals surface area contributed by atoms with E-state index in [4.69, 9.17) is 16.3 Å². The van der Waals surface area contributed by atoms with Gasteiger partial charge in [-0.3, -0.25) is 13.9 Å². The molecule has 1 atom stereocenters. The largest absolute Gasteiger partial charge is 0.457 e. The summed E-state index contributed by atoms with van der Waals surface area (Å²) in [6.07, 6.45) is 0.211. The summed E-state index contributed by atoms with van der Waals surface area (Å²) in [4.78, 5) is 29.4. The molecule has 10 heteroatoms. The molecule has 0 fully saturated rings. The molecule has 246 valence electrons. The minimum Gasteiger partial charge on any atom is -0.457 e. The second-order valence-electron chi connectivity index (χ2n) is 11.2. The lowest BCUT2D eigenvalue weighted by molar-refractivity contribution is -0.139. The minimum atomic E-state index is -4.24. The first-order chi connectivity index (χ1) is 23.1. The molecule has 0 heterocycles. The van der Waals surface area contributed by atoms with Crippen molar-refractivity contribution in [2.24, 2.45) is 0 Å². The fourth-order valence-corrected chi connectivity index (χ4v) is 6.85. The van der Waals surface area contributed by atoms with Gasteiger partial charge in [-0.25, -0.2) is 8.42 Å². The Kier molecular flexibility index (Phi) is 11.2. The number of halogens is 1. The molecule has 0 aliphatic carbocycles. The summed E-state index contributed by atoms with van der Waals surface area (Å²) in [5.41, 5.74) is 2.67. The van der Waals surface area contributed by atoms with Gasteiger partial charge in [-0.2, -0.15) is 0 Å². The molecule has 0 radical (unpaired) electrons. The SMILES string of the molecule is CNC(=O)C(Cc1ccccc1)N(Cc1cccc(Cl)c1)C(=O)CN(c1ccc(Oc2ccccc2)cc1)S(=O)(=O)c1ccc(C)cc1. The number of benzene rings is 5. The van der Waals surface area contributed by atoms with Gasteiger partial charge in [-0.15, -0.1) is 0 Å². The fraction of sp³-hybridized carbons (Fsp3) is 0.158. The van der Waals surface area contributed by atoms with E-state index in [1.165, 1.54) is 24.1 Å². The summed E-state index contributed by atoms with van der Waals surface area (Å²) in [6.45, 7) is 1.31. The van der Waals surface area contributed by atoms with Crippen LogP contribution in [0.25, 0.3) is 0 Å². The fourth-order valence-electron chi connectivity index (χ4n) is 5.22. The number of para-hydroxylation sites is 1. The van der Waals surface area contributed by atoms with Gasteiger partial charge in [0.1, 0.15) is 24.1 Å². The number of carbonyl (C=O) groups excluding carboxylic acids is 2. The number of amides is 2. The number of sulfonamides is 1. The van der Waals surface area contributed by atoms with E-state index in [1.807, 2.05) is 73.7 Å². The summed E-state index contributed by atoms with van der Waals surface area (Å²) in [5, 5.41) is 3.16. The number of aryl methyl sites for hydroxylation is 1. The molecule has 2 amide bonds. The Hall–Kier alpha value is -5.12. The Labute approximate surface area is 286 Å². The van der Waals surface area contributed by atoms with E-state index in [9.17, 15) is 18.0 Å². The topological polar surface area (TPSA) is 96.0 Å². The average Bonchev–Trinajstić information content (AvgIpc) is 3.10. The summed E-state index contributed by atoms with van der Waals surface area (Å²) in [6, 6.07) is 37.6. The summed E-state index contributed by atoms with van der Waals surface area (Å²) in [7, 11) is -2.73. The first-order valence-electron chi connectivity index (χ1n) is 15.4. The molecule has 0 aromatic heterocycles. The van der Waals surface area contributed by atoms with E-state index in [0.717, 1.165) is 15.4 Å². The van der Waals surface area contributed by atoms with Crippen LogP contribution in [0, 0.1) is 6.92 Å². The highest BCUT2D eigenvalue weighted by atomic mass is 35.5. The minimum absolute atomic E-state index is 0.0204. The lowest BCUT2D eigenvalue weighted by Crippen LogP contribution is -2.53. The third-order valence-electron chi connectivity index (χ3n) is 7.75. The molecule has 0 bridgehead atoms. The first-order valence-corrected chi connectivity index (χ1v) is 17.2. The molecule has 5 rings (SSSR count). The van der Waals surface area contributed by atoms with Crippen molar-refractivity contribution >= 4 is 39.1 Å². The van der Waals surface area contributed by atoms with Crippen LogP contribution >= 0.6 is 11.6 Å². The van der Waals surface area contributed by atoms with Crippen LogP contribution in [0.2, 0.25) is 5.02 Å². The quantitative estimate of drug-likeness (QED) is 0.144. The van der Waals surface area contributed by atoms with Crippen molar-refractivity contribution in [2.45, 2.75) is 30.8 Å². The first kappa shape index (κ1) is 34.2. The summed E-state index contributed by atoms with van der Waals surface area (Å²) in [5.74, 6) is 0.165. The molecule has 0 aliphatic heterocycles. The molecule has 5 aromatic rings. The Morgan fingerprint density at radius 1 is 0.771 bits per heavy atom. The Balaban J connectivity index is 1.54. The predicted octanol–water partition coefficient (Wildman–Crippen LogP) is 7.02. The van der Waals surface area contributed by atoms with Crippen molar-refractivity contribution < 1.29 is 22.7 Å². The number of ether oxygens (including phenoxy) is 1. The van der Waals surface area contributed by atoms with E-state index in [1.54, 1.807) is 54.6 Å². The zero-order valence-electron chi connectivity index (χ0n) is 26.6. The van der Waals surface area contributed by atoms with Gasteiger partial charge >= 0.3 is 0 Å². The van der Waals surface area contributed by atoms with Crippen LogP contribution in [0.4, 0.5) is 5.69 Å². The number of hydrogen-bond acceptors (Lipinski definition) is 5. The number of carbonyl (C=O) groups is 2. The third-order valence-corrected chi connectivity index (χ3v) is 9.77. The number of anilines is 1. The van der Waals surface area contributed by atoms with Crippen LogP contribution in [0.5, 0.6) is 11.5 Å². The second kappa shape index (κ2) is 15.6. The molecule has 0 saturated carbocycles. The molecular formula is C38H36ClN3O5S. The molecule has 1 unspecified atom stereocenters. The molecule has 1 N–H and O–H groups in total. The maximum atomic E-state index is 14.5. The number of likely N-dealkylation sites (N-methyl/N-ethyl adjacent to an activating group) is 1. The van der Waals surface area contributed by atoms with Gasteiger partial charge in [0.15, 0.2) is 0 Å². The maximum Gasteiger partial charge on any atom is 0.264 e. The molecule has 5 aromatic carbocycles. The van der Waals surface area contributed by atoms with Crippen LogP contribution < -0.4 is 14.4 Å². The van der Waals surface area contributed by atoms with Crippen LogP contribution in [0.1, 0.15) is 16.7 Å². The van der Waals surface area contributed by atoms with Gasteiger partial charge in [-0.1, -0.05) is 90.0 Å². The van der Waals surface area contributed by atoms with Crippen LogP contribution in [-0.4, -0.2) is 44.8 Å². The van der Waals surface area contributed by atoms with E-state index in [0.29, 0.717) is 22.1 Å². The highest BCUT2D eigenvalue weighted by molar-refractivity contribution is 7.92. The average molecular weight is 682 g/mol. The number of rotatable bonds is 13. The molecule has 8 nitrogen and oxygen atoms in total. The lowest BCUT2D eigenvalue weighted by atomic mass is 10.0. The van der Waals surface area contributed by atoms with Crippen molar-refractivity contribution in [3.63, 3.8) is 0 Å². The number of nitrogens with zero attached hydrogens (tertiary/aromatic N) is 2. The Morgan fingerprint density at radius 2 is 1.38 bits per heavy atom. The van der Waals surface area contributed by atoms with Gasteiger partial charge in [0.2, 0.25) is 11.8 Å². The predicted molar refractivity (Wildman–Crippen MR) is 189 cm³/mol. The van der Waals surface area contributed by atoms with Gasteiger partial charge in [0.05, 0.1) is 10.6 Å². The summed E-state index contributed by atoms with van der Waals surface area (Å²) < 4.78 is 35.5. The van der Waals surface area contributed by atoms with Crippen molar-refractivity contribution in [1.82, 2.24) is 10.2 Å². The third kappa shape index (κ3) is 8.61. The Bertz CT molecular complexity index is 1940. The monoisotopic (exact) mass is 681 g/mol. The number of hydrogen-bond donors (Lipinski definition) is 1. The summed E-state index contributed by atoms with van der Waals surface area (Å²) >= 11 is 6.29. The molecule has 48 heavy (non-hydrogen) atoms. The standard InChI is InChI=1S/C38H36ClN3O5S/c1-28-16-22-35(23-17-28)48(45,46)42(32-18-20-34(21-19-32)47-33-14-7-4-8-15-33)27-37(43)41(26-30-12-9-13-31(39)24-30)36(38(44)40-2)25-29-10-5-3-6-11-29/h3-24,36H,25-27H2,1-2H3,(H,40,44). The van der Waals surface area contributed by atoms with Crippen molar-refractivity contribution in [1.29, 1.82) is 0 Å². The maximum absolute atomic E-state index is 14.5. The zero-order chi connectivity index (χ0) is 34.1. The van der Waals surface area contributed by atoms with E-state index in [2.05, 4.69) is 5.32 Å². The van der Waals surface area contributed by atoms with E-state index >= 15 is 0 Å². The van der Waals surface area contributed by atoms with Crippen molar-refractivity contribution in [3.05, 3.63) is 155 Å². The highest BCUT2D eigenvalue weighted by Crippen LogP contribution is 2.29. The van der Waals surface area contributed by atoms with Gasteiger partial charge < -0.3 is 15.0 Å². The van der Waals surface area contributed by atoms with Crippen molar-refractivity contribution in [3.8, 4) is 11.5 Å². The normalized spacial score (nSPS) is 11.7. The van der Waals surface area contributed by atoms with Crippen molar-refractivity contribution in [2.75, 3.05) is 17.9 Å². The molecular weight excluding hydrogens is 646 g/mol. The molecule has 0 saturated heterocycles. The van der Waals surface area contributed by atoms with Gasteiger partial charge in [0.25, 0.3) is 10.0 Å². The van der Waals surface area contributed by atoms with Gasteiger partial charge in [0, 0.05) is 25.0 Å². The smallest absolute Gasteiger partial charge is 0.264 e. The van der Waals surface area contributed by atoms with E-state index in [-0.39, 0.29) is 29.5 Å². The second-order valence-corrected chi connectivity index (χ2v) is 13.5. The Morgan fingerprint density at radius 3 is 2.00 bits per heavy atom. The van der Waals surface area contributed by atoms with Crippen LogP contribution in [0.15, 0.2) is 138 Å². The zero-order valence-corrected chi connectivity index (χ0v) is 28.2. The lowest BCUT2D eigenvalue weighted by Gasteiger charge is -2.33. The van der Waals surface area contributed by atoms with Crippen LogP contribution in [-0.2, 0) is 32.6 Å². The van der Waals surface area contributed by atoms with E-state index < -0.39 is 28.5 Å². The van der Waals surface area contributed by atoms with Crippen LogP contribution in [0.3, 0.4) is 0 Å². The van der Waals surface area contributed by atoms with Gasteiger partial charge in [-0.05, 0) is 78.7 Å². The number of nitrogens with one attached hydrogen (secondary N) is 1. The molecule has 0 spiro atoms. The highest BCUT2D eigenvalue weighted by Gasteiger charge is 2.34. The molecule has 0 aliphatic rings.